The molecule has 0 aliphatic heterocycles. The fourth-order valence-electron chi connectivity index (χ4n) is 2.09. The molecule has 0 aliphatic rings. The topological polar surface area (TPSA) is 66.9 Å². The van der Waals surface area contributed by atoms with Crippen LogP contribution < -0.4 is 10.6 Å². The molecule has 2 N–H and O–H groups in total. The maximum absolute atomic E-state index is 12.0. The number of carbonyl (C=O) groups excluding carboxylic acids is 1. The van der Waals surface area contributed by atoms with E-state index < -0.39 is 0 Å². The zero-order valence-electron chi connectivity index (χ0n) is 12.8. The summed E-state index contributed by atoms with van der Waals surface area (Å²) in [6, 6.07) is 15.2. The molecule has 1 aromatic heterocycles. The summed E-state index contributed by atoms with van der Waals surface area (Å²) in [5, 5.41) is 14.9. The van der Waals surface area contributed by atoms with Crippen molar-refractivity contribution in [1.29, 1.82) is 0 Å². The van der Waals surface area contributed by atoms with Gasteiger partial charge in [0.2, 0.25) is 5.13 Å². The van der Waals surface area contributed by atoms with Gasteiger partial charge in [0.1, 0.15) is 5.01 Å². The highest BCUT2D eigenvalue weighted by Gasteiger charge is 2.11. The van der Waals surface area contributed by atoms with E-state index in [1.54, 1.807) is 0 Å². The number of aromatic nitrogens is 2. The maximum atomic E-state index is 12.0. The molecule has 2 aromatic carbocycles. The van der Waals surface area contributed by atoms with E-state index in [0.717, 1.165) is 27.4 Å². The SMILES string of the molecule is Cc1ccc(NC(=O)Nc2nnc(-c3ccccc3C)s2)cc1. The Morgan fingerprint density at radius 3 is 2.43 bits per heavy atom. The van der Waals surface area contributed by atoms with Crippen LogP contribution in [-0.2, 0) is 0 Å². The first kappa shape index (κ1) is 15.2. The predicted octanol–water partition coefficient (Wildman–Crippen LogP) is 4.47. The average molecular weight is 324 g/mol. The summed E-state index contributed by atoms with van der Waals surface area (Å²) in [6.45, 7) is 4.02. The quantitative estimate of drug-likeness (QED) is 0.747. The first-order valence-electron chi connectivity index (χ1n) is 7.16. The highest BCUT2D eigenvalue weighted by Crippen LogP contribution is 2.28. The Labute approximate surface area is 138 Å². The van der Waals surface area contributed by atoms with Gasteiger partial charge in [0.25, 0.3) is 0 Å². The molecule has 116 valence electrons. The molecule has 0 spiro atoms. The van der Waals surface area contributed by atoms with Crippen LogP contribution in [0.3, 0.4) is 0 Å². The lowest BCUT2D eigenvalue weighted by atomic mass is 10.1. The Morgan fingerprint density at radius 2 is 1.70 bits per heavy atom. The minimum Gasteiger partial charge on any atom is -0.308 e. The summed E-state index contributed by atoms with van der Waals surface area (Å²) in [4.78, 5) is 12.0. The number of benzene rings is 2. The smallest absolute Gasteiger partial charge is 0.308 e. The van der Waals surface area contributed by atoms with Crippen molar-refractivity contribution < 1.29 is 4.79 Å². The van der Waals surface area contributed by atoms with Crippen LogP contribution in [0.15, 0.2) is 48.5 Å². The van der Waals surface area contributed by atoms with E-state index in [2.05, 4.69) is 20.8 Å². The lowest BCUT2D eigenvalue weighted by molar-refractivity contribution is 0.262. The molecule has 0 unspecified atom stereocenters. The Balaban J connectivity index is 1.68. The van der Waals surface area contributed by atoms with Gasteiger partial charge in [-0.2, -0.15) is 0 Å². The number of nitrogens with zero attached hydrogens (tertiary/aromatic N) is 2. The second-order valence-corrected chi connectivity index (χ2v) is 6.15. The van der Waals surface area contributed by atoms with Crippen LogP contribution in [0.1, 0.15) is 11.1 Å². The third-order valence-corrected chi connectivity index (χ3v) is 4.20. The van der Waals surface area contributed by atoms with Gasteiger partial charge in [-0.05, 0) is 31.5 Å². The highest BCUT2D eigenvalue weighted by molar-refractivity contribution is 7.18. The second-order valence-electron chi connectivity index (χ2n) is 5.17. The molecule has 0 fully saturated rings. The van der Waals surface area contributed by atoms with Gasteiger partial charge in [-0.25, -0.2) is 4.79 Å². The van der Waals surface area contributed by atoms with Crippen LogP contribution in [-0.4, -0.2) is 16.2 Å². The molecule has 0 atom stereocenters. The number of amides is 2. The minimum atomic E-state index is -0.332. The lowest BCUT2D eigenvalue weighted by Crippen LogP contribution is -2.19. The van der Waals surface area contributed by atoms with Crippen molar-refractivity contribution >= 4 is 28.2 Å². The summed E-state index contributed by atoms with van der Waals surface area (Å²) in [6.07, 6.45) is 0. The number of aryl methyl sites for hydroxylation is 2. The molecular formula is C17H16N4OS. The van der Waals surface area contributed by atoms with E-state index in [0.29, 0.717) is 5.13 Å². The molecule has 0 saturated heterocycles. The summed E-state index contributed by atoms with van der Waals surface area (Å²) in [5.74, 6) is 0. The van der Waals surface area contributed by atoms with E-state index in [1.165, 1.54) is 11.3 Å². The van der Waals surface area contributed by atoms with Gasteiger partial charge in [0, 0.05) is 11.3 Å². The van der Waals surface area contributed by atoms with Crippen molar-refractivity contribution in [3.63, 3.8) is 0 Å². The zero-order chi connectivity index (χ0) is 16.2. The summed E-state index contributed by atoms with van der Waals surface area (Å²) in [7, 11) is 0. The number of hydrogen-bond acceptors (Lipinski definition) is 4. The fourth-order valence-corrected chi connectivity index (χ4v) is 2.92. The standard InChI is InChI=1S/C17H16N4OS/c1-11-7-9-13(10-8-11)18-16(22)19-17-21-20-15(23-17)14-6-4-3-5-12(14)2/h3-10H,1-2H3,(H2,18,19,21,22). The van der Waals surface area contributed by atoms with Crippen LogP contribution in [0.25, 0.3) is 10.6 Å². The average Bonchev–Trinajstić information content (AvgIpc) is 2.98. The molecular weight excluding hydrogens is 308 g/mol. The number of urea groups is 1. The Kier molecular flexibility index (Phi) is 4.34. The Bertz CT molecular complexity index is 827. The first-order chi connectivity index (χ1) is 11.1. The normalized spacial score (nSPS) is 10.3. The molecule has 0 aliphatic carbocycles. The second kappa shape index (κ2) is 6.58. The van der Waals surface area contributed by atoms with Gasteiger partial charge in [-0.3, -0.25) is 5.32 Å². The molecule has 0 bridgehead atoms. The molecule has 3 rings (SSSR count). The van der Waals surface area contributed by atoms with Crippen molar-refractivity contribution in [3.8, 4) is 10.6 Å². The Hall–Kier alpha value is -2.73. The number of rotatable bonds is 3. The molecule has 6 heteroatoms. The summed E-state index contributed by atoms with van der Waals surface area (Å²) >= 11 is 1.35. The summed E-state index contributed by atoms with van der Waals surface area (Å²) < 4.78 is 0. The van der Waals surface area contributed by atoms with E-state index in [1.807, 2.05) is 62.4 Å². The van der Waals surface area contributed by atoms with E-state index >= 15 is 0 Å². The van der Waals surface area contributed by atoms with Gasteiger partial charge in [-0.15, -0.1) is 10.2 Å². The number of nitrogens with one attached hydrogen (secondary N) is 2. The molecule has 0 saturated carbocycles. The third-order valence-electron chi connectivity index (χ3n) is 3.33. The van der Waals surface area contributed by atoms with Crippen LogP contribution in [0.4, 0.5) is 15.6 Å². The molecule has 1 heterocycles. The van der Waals surface area contributed by atoms with E-state index in [9.17, 15) is 4.79 Å². The lowest BCUT2D eigenvalue weighted by Gasteiger charge is -2.05. The molecule has 23 heavy (non-hydrogen) atoms. The number of hydrogen-bond donors (Lipinski definition) is 2. The van der Waals surface area contributed by atoms with Crippen molar-refractivity contribution in [3.05, 3.63) is 59.7 Å². The number of carbonyl (C=O) groups is 1. The van der Waals surface area contributed by atoms with Crippen molar-refractivity contribution in [2.24, 2.45) is 0 Å². The van der Waals surface area contributed by atoms with Gasteiger partial charge in [0.05, 0.1) is 0 Å². The van der Waals surface area contributed by atoms with Gasteiger partial charge < -0.3 is 5.32 Å². The van der Waals surface area contributed by atoms with Gasteiger partial charge in [0.15, 0.2) is 0 Å². The maximum Gasteiger partial charge on any atom is 0.325 e. The molecule has 3 aromatic rings. The van der Waals surface area contributed by atoms with Crippen LogP contribution in [0.2, 0.25) is 0 Å². The number of anilines is 2. The first-order valence-corrected chi connectivity index (χ1v) is 7.97. The predicted molar refractivity (Wildman–Crippen MR) is 93.9 cm³/mol. The monoisotopic (exact) mass is 324 g/mol. The molecule has 0 radical (unpaired) electrons. The largest absolute Gasteiger partial charge is 0.325 e. The van der Waals surface area contributed by atoms with Crippen LogP contribution in [0.5, 0.6) is 0 Å². The summed E-state index contributed by atoms with van der Waals surface area (Å²) in [5.41, 5.74) is 4.02. The van der Waals surface area contributed by atoms with Gasteiger partial charge in [-0.1, -0.05) is 53.3 Å². The van der Waals surface area contributed by atoms with E-state index in [4.69, 9.17) is 0 Å². The Morgan fingerprint density at radius 1 is 0.957 bits per heavy atom. The zero-order valence-corrected chi connectivity index (χ0v) is 13.6. The molecule has 2 amide bonds. The fraction of sp³-hybridized carbons (Fsp3) is 0.118. The van der Waals surface area contributed by atoms with Crippen molar-refractivity contribution in [2.75, 3.05) is 10.6 Å². The van der Waals surface area contributed by atoms with Crippen LogP contribution >= 0.6 is 11.3 Å². The third kappa shape index (κ3) is 3.73. The minimum absolute atomic E-state index is 0.332. The molecule has 5 nitrogen and oxygen atoms in total. The van der Waals surface area contributed by atoms with Crippen molar-refractivity contribution in [1.82, 2.24) is 10.2 Å². The van der Waals surface area contributed by atoms with E-state index in [-0.39, 0.29) is 6.03 Å². The van der Waals surface area contributed by atoms with Crippen molar-refractivity contribution in [2.45, 2.75) is 13.8 Å². The highest BCUT2D eigenvalue weighted by atomic mass is 32.1. The van der Waals surface area contributed by atoms with Gasteiger partial charge >= 0.3 is 6.03 Å². The van der Waals surface area contributed by atoms with Crippen LogP contribution in [0, 0.1) is 13.8 Å².